The van der Waals surface area contributed by atoms with Gasteiger partial charge in [-0.3, -0.25) is 4.57 Å². The molecule has 2 heteroatoms. The zero-order chi connectivity index (χ0) is 45.7. The van der Waals surface area contributed by atoms with Crippen LogP contribution < -0.4 is 0 Å². The summed E-state index contributed by atoms with van der Waals surface area (Å²) in [5.74, 6) is 0.935. The van der Waals surface area contributed by atoms with Gasteiger partial charge in [0.25, 0.3) is 0 Å². The highest BCUT2D eigenvalue weighted by Gasteiger charge is 2.19. The molecule has 0 radical (unpaired) electrons. The van der Waals surface area contributed by atoms with Gasteiger partial charge < -0.3 is 0 Å². The van der Waals surface area contributed by atoms with E-state index in [-0.39, 0.29) is 0 Å². The number of para-hydroxylation sites is 1. The predicted octanol–water partition coefficient (Wildman–Crippen LogP) is 18.2. The molecule has 1 aromatic heterocycles. The molecule has 322 valence electrons. The molecule has 0 amide bonds. The summed E-state index contributed by atoms with van der Waals surface area (Å²) >= 11 is 0. The van der Waals surface area contributed by atoms with Crippen molar-refractivity contribution < 1.29 is 0 Å². The third-order valence-electron chi connectivity index (χ3n) is 13.8. The van der Waals surface area contributed by atoms with Crippen LogP contribution in [0, 0.1) is 0 Å². The van der Waals surface area contributed by atoms with Crippen molar-refractivity contribution in [2.75, 3.05) is 0 Å². The molecule has 0 unspecified atom stereocenters. The molecule has 1 heterocycles. The summed E-state index contributed by atoms with van der Waals surface area (Å²) in [6.07, 6.45) is 0. The SMILES string of the molecule is c1ccc(-c2ccc(-c3c4ccccc4c(-c4ccc5ccccc5c4)c4ccc(-c5ccc(-c6ccc(-c7ccc8c(c7)nc(-c7ccccc7)n8-c7ccccc7)cc6)cc5)cc34)cc2)cc1. The molecule has 13 aromatic rings. The van der Waals surface area contributed by atoms with Gasteiger partial charge in [-0.15, -0.1) is 0 Å². The first-order chi connectivity index (χ1) is 34.2. The van der Waals surface area contributed by atoms with Crippen LogP contribution in [0.5, 0.6) is 0 Å². The lowest BCUT2D eigenvalue weighted by atomic mass is 9.84. The molecule has 0 fully saturated rings. The summed E-state index contributed by atoms with van der Waals surface area (Å²) in [4.78, 5) is 5.20. The molecule has 0 saturated carbocycles. The Balaban J connectivity index is 0.867. The second-order valence-corrected chi connectivity index (χ2v) is 17.9. The van der Waals surface area contributed by atoms with Gasteiger partial charge in [-0.25, -0.2) is 4.98 Å². The fourth-order valence-electron chi connectivity index (χ4n) is 10.4. The Kier molecular flexibility index (Phi) is 9.88. The Labute approximate surface area is 401 Å². The van der Waals surface area contributed by atoms with Crippen molar-refractivity contribution in [1.82, 2.24) is 9.55 Å². The number of hydrogen-bond donors (Lipinski definition) is 0. The van der Waals surface area contributed by atoms with Crippen LogP contribution in [0.1, 0.15) is 0 Å². The van der Waals surface area contributed by atoms with E-state index in [1.807, 2.05) is 6.07 Å². The normalized spacial score (nSPS) is 11.5. The third kappa shape index (κ3) is 7.27. The molecular formula is C67H44N2. The number of rotatable bonds is 8. The van der Waals surface area contributed by atoms with Gasteiger partial charge in [0, 0.05) is 11.3 Å². The van der Waals surface area contributed by atoms with E-state index in [0.717, 1.165) is 39.2 Å². The van der Waals surface area contributed by atoms with Crippen LogP contribution in [-0.2, 0) is 0 Å². The van der Waals surface area contributed by atoms with Crippen molar-refractivity contribution in [3.05, 3.63) is 267 Å². The van der Waals surface area contributed by atoms with Gasteiger partial charge in [0.2, 0.25) is 0 Å². The van der Waals surface area contributed by atoms with Crippen molar-refractivity contribution >= 4 is 43.4 Å². The Bertz CT molecular complexity index is 4000. The molecule has 0 spiro atoms. The molecule has 0 aliphatic carbocycles. The maximum Gasteiger partial charge on any atom is 0.145 e. The zero-order valence-electron chi connectivity index (χ0n) is 37.8. The fraction of sp³-hybridized carbons (Fsp3) is 0. The average Bonchev–Trinajstić information content (AvgIpc) is 3.82. The molecule has 0 aliphatic rings. The highest BCUT2D eigenvalue weighted by atomic mass is 15.1. The third-order valence-corrected chi connectivity index (χ3v) is 13.8. The van der Waals surface area contributed by atoms with E-state index in [1.165, 1.54) is 88.0 Å². The smallest absolute Gasteiger partial charge is 0.145 e. The maximum atomic E-state index is 5.20. The van der Waals surface area contributed by atoms with Gasteiger partial charge in [-0.1, -0.05) is 231 Å². The van der Waals surface area contributed by atoms with Gasteiger partial charge >= 0.3 is 0 Å². The van der Waals surface area contributed by atoms with E-state index in [2.05, 4.69) is 265 Å². The highest BCUT2D eigenvalue weighted by Crippen LogP contribution is 2.46. The van der Waals surface area contributed by atoms with E-state index in [9.17, 15) is 0 Å². The highest BCUT2D eigenvalue weighted by molar-refractivity contribution is 6.22. The van der Waals surface area contributed by atoms with Crippen molar-refractivity contribution in [3.63, 3.8) is 0 Å². The average molecular weight is 877 g/mol. The molecule has 13 rings (SSSR count). The number of aromatic nitrogens is 2. The Morgan fingerprint density at radius 2 is 0.667 bits per heavy atom. The lowest BCUT2D eigenvalue weighted by Gasteiger charge is -2.19. The van der Waals surface area contributed by atoms with E-state index in [1.54, 1.807) is 0 Å². The first-order valence-corrected chi connectivity index (χ1v) is 23.7. The molecule has 69 heavy (non-hydrogen) atoms. The summed E-state index contributed by atoms with van der Waals surface area (Å²) in [6, 6.07) is 96.8. The number of benzene rings is 12. The molecule has 0 saturated heterocycles. The Morgan fingerprint density at radius 3 is 1.29 bits per heavy atom. The van der Waals surface area contributed by atoms with Crippen LogP contribution in [-0.4, -0.2) is 9.55 Å². The second-order valence-electron chi connectivity index (χ2n) is 17.9. The quantitative estimate of drug-likeness (QED) is 0.139. The summed E-state index contributed by atoms with van der Waals surface area (Å²) in [5, 5.41) is 7.46. The second kappa shape index (κ2) is 17.0. The van der Waals surface area contributed by atoms with Crippen LogP contribution in [0.3, 0.4) is 0 Å². The summed E-state index contributed by atoms with van der Waals surface area (Å²) < 4.78 is 2.26. The predicted molar refractivity (Wildman–Crippen MR) is 292 cm³/mol. The van der Waals surface area contributed by atoms with E-state index < -0.39 is 0 Å². The first-order valence-electron chi connectivity index (χ1n) is 23.7. The van der Waals surface area contributed by atoms with Crippen LogP contribution in [0.25, 0.3) is 127 Å². The molecule has 0 N–H and O–H groups in total. The molecular weight excluding hydrogens is 833 g/mol. The molecule has 12 aromatic carbocycles. The van der Waals surface area contributed by atoms with Crippen molar-refractivity contribution in [2.45, 2.75) is 0 Å². The summed E-state index contributed by atoms with van der Waals surface area (Å²) in [5.41, 5.74) is 18.6. The first kappa shape index (κ1) is 40.2. The number of nitrogens with zero attached hydrogens (tertiary/aromatic N) is 2. The largest absolute Gasteiger partial charge is 0.292 e. The van der Waals surface area contributed by atoms with Crippen LogP contribution >= 0.6 is 0 Å². The van der Waals surface area contributed by atoms with E-state index in [0.29, 0.717) is 0 Å². The van der Waals surface area contributed by atoms with Crippen molar-refractivity contribution in [2.24, 2.45) is 0 Å². The number of fused-ring (bicyclic) bond motifs is 4. The van der Waals surface area contributed by atoms with Gasteiger partial charge in [-0.2, -0.15) is 0 Å². The minimum atomic E-state index is 0.935. The molecule has 0 atom stereocenters. The van der Waals surface area contributed by atoms with E-state index >= 15 is 0 Å². The van der Waals surface area contributed by atoms with Crippen molar-refractivity contribution in [1.29, 1.82) is 0 Å². The van der Waals surface area contributed by atoms with Crippen LogP contribution in [0.15, 0.2) is 267 Å². The molecule has 2 nitrogen and oxygen atoms in total. The van der Waals surface area contributed by atoms with Gasteiger partial charge in [0.1, 0.15) is 5.82 Å². The minimum absolute atomic E-state index is 0.935. The summed E-state index contributed by atoms with van der Waals surface area (Å²) in [6.45, 7) is 0. The topological polar surface area (TPSA) is 17.8 Å². The van der Waals surface area contributed by atoms with Crippen molar-refractivity contribution in [3.8, 4) is 83.8 Å². The molecule has 0 aliphatic heterocycles. The lowest BCUT2D eigenvalue weighted by Crippen LogP contribution is -1.97. The van der Waals surface area contributed by atoms with Crippen LogP contribution in [0.4, 0.5) is 0 Å². The van der Waals surface area contributed by atoms with Gasteiger partial charge in [0.15, 0.2) is 0 Å². The fourth-order valence-corrected chi connectivity index (χ4v) is 10.4. The Hall–Kier alpha value is -9.11. The number of hydrogen-bond acceptors (Lipinski definition) is 1. The minimum Gasteiger partial charge on any atom is -0.292 e. The monoisotopic (exact) mass is 876 g/mol. The van der Waals surface area contributed by atoms with Crippen LogP contribution in [0.2, 0.25) is 0 Å². The molecule has 0 bridgehead atoms. The number of imidazole rings is 1. The summed E-state index contributed by atoms with van der Waals surface area (Å²) in [7, 11) is 0. The lowest BCUT2D eigenvalue weighted by molar-refractivity contribution is 1.10. The maximum absolute atomic E-state index is 5.20. The standard InChI is InChI=1S/C67H44N2/c1-4-14-45(15-5-1)47-32-35-52(36-33-47)65-59-22-12-13-23-60(59)66(57-37-34-46-16-10-11-19-54(46)42-57)61-40-38-55(43-62(61)65)50-28-24-48(25-29-50)49-26-30-51(31-27-49)56-39-41-64-63(44-56)68-67(53-17-6-2-7-18-53)69(64)58-20-8-3-9-21-58/h1-44H. The zero-order valence-corrected chi connectivity index (χ0v) is 37.8. The van der Waals surface area contributed by atoms with Gasteiger partial charge in [0.05, 0.1) is 11.0 Å². The van der Waals surface area contributed by atoms with Gasteiger partial charge in [-0.05, 0) is 135 Å². The van der Waals surface area contributed by atoms with E-state index in [4.69, 9.17) is 4.98 Å². The Morgan fingerprint density at radius 1 is 0.246 bits per heavy atom.